The number of Topliss-reactive ketones (excluding diaryl/α,β-unsaturated/α-hetero) is 1. The van der Waals surface area contributed by atoms with E-state index in [0.717, 1.165) is 23.9 Å². The monoisotopic (exact) mass is 292 g/mol. The normalized spacial score (nSPS) is 10.9. The first-order chi connectivity index (χ1) is 10.0. The second-order valence-corrected chi connectivity index (χ2v) is 4.90. The molecule has 1 aromatic heterocycles. The van der Waals surface area contributed by atoms with Gasteiger partial charge in [0.25, 0.3) is 0 Å². The molecule has 21 heavy (non-hydrogen) atoms. The van der Waals surface area contributed by atoms with Crippen LogP contribution in [0.15, 0.2) is 24.3 Å². The molecule has 0 aliphatic rings. The van der Waals surface area contributed by atoms with E-state index >= 15 is 0 Å². The van der Waals surface area contributed by atoms with Gasteiger partial charge in [0.2, 0.25) is 0 Å². The second-order valence-electron chi connectivity index (χ2n) is 4.90. The maximum atomic E-state index is 13.6. The number of ketones is 1. The van der Waals surface area contributed by atoms with Crippen LogP contribution in [0.2, 0.25) is 0 Å². The number of hydrogen-bond acceptors (Lipinski definition) is 2. The Hall–Kier alpha value is -2.04. The maximum absolute atomic E-state index is 13.6. The molecule has 5 heteroatoms. The van der Waals surface area contributed by atoms with Crippen LogP contribution in [0, 0.1) is 11.6 Å². The largest absolute Gasteiger partial charge is 0.299 e. The van der Waals surface area contributed by atoms with Crippen molar-refractivity contribution in [3.8, 4) is 0 Å². The summed E-state index contributed by atoms with van der Waals surface area (Å²) in [6, 6.07) is 5.78. The molecule has 1 aromatic carbocycles. The van der Waals surface area contributed by atoms with Crippen LogP contribution < -0.4 is 0 Å². The number of rotatable bonds is 6. The Bertz CT molecular complexity index is 650. The summed E-state index contributed by atoms with van der Waals surface area (Å²) in [6.45, 7) is 4.62. The van der Waals surface area contributed by atoms with E-state index in [4.69, 9.17) is 0 Å². The van der Waals surface area contributed by atoms with Gasteiger partial charge in [-0.2, -0.15) is 5.10 Å². The molecule has 0 saturated heterocycles. The number of carbonyl (C=O) groups excluding carboxylic acids is 1. The Kier molecular flexibility index (Phi) is 4.83. The average Bonchev–Trinajstić information content (AvgIpc) is 2.86. The third-order valence-corrected chi connectivity index (χ3v) is 3.37. The Morgan fingerprint density at radius 3 is 2.67 bits per heavy atom. The first-order valence-electron chi connectivity index (χ1n) is 7.05. The summed E-state index contributed by atoms with van der Waals surface area (Å²) in [5, 5.41) is 4.37. The van der Waals surface area contributed by atoms with Crippen LogP contribution in [-0.4, -0.2) is 15.6 Å². The molecule has 0 N–H and O–H groups in total. The highest BCUT2D eigenvalue weighted by atomic mass is 19.2. The lowest BCUT2D eigenvalue weighted by atomic mass is 10.0. The molecule has 0 atom stereocenters. The summed E-state index contributed by atoms with van der Waals surface area (Å²) < 4.78 is 28.5. The Morgan fingerprint density at radius 1 is 1.24 bits per heavy atom. The molecule has 2 aromatic rings. The zero-order chi connectivity index (χ0) is 15.4. The van der Waals surface area contributed by atoms with E-state index in [1.54, 1.807) is 4.68 Å². The third kappa shape index (κ3) is 3.54. The van der Waals surface area contributed by atoms with E-state index in [1.165, 1.54) is 12.1 Å². The highest BCUT2D eigenvalue weighted by Gasteiger charge is 2.14. The third-order valence-electron chi connectivity index (χ3n) is 3.37. The molecule has 1 heterocycles. The Balaban J connectivity index is 2.11. The molecule has 0 spiro atoms. The lowest BCUT2D eigenvalue weighted by molar-refractivity contribution is -0.117. The van der Waals surface area contributed by atoms with Gasteiger partial charge in [0.15, 0.2) is 11.6 Å². The molecule has 0 radical (unpaired) electrons. The molecule has 3 nitrogen and oxygen atoms in total. The molecular formula is C16H18F2N2O. The summed E-state index contributed by atoms with van der Waals surface area (Å²) in [5.41, 5.74) is 1.84. The topological polar surface area (TPSA) is 34.9 Å². The summed E-state index contributed by atoms with van der Waals surface area (Å²) in [6.07, 6.45) is 0.865. The molecule has 0 fully saturated rings. The molecule has 0 saturated carbocycles. The van der Waals surface area contributed by atoms with Gasteiger partial charge in [-0.05, 0) is 31.0 Å². The molecule has 0 amide bonds. The maximum Gasteiger partial charge on any atom is 0.162 e. The molecule has 0 aliphatic carbocycles. The van der Waals surface area contributed by atoms with E-state index < -0.39 is 11.6 Å². The zero-order valence-electron chi connectivity index (χ0n) is 12.2. The predicted octanol–water partition coefficient (Wildman–Crippen LogP) is 3.10. The van der Waals surface area contributed by atoms with Gasteiger partial charge in [0, 0.05) is 25.1 Å². The van der Waals surface area contributed by atoms with E-state index in [2.05, 4.69) is 5.10 Å². The zero-order valence-corrected chi connectivity index (χ0v) is 12.2. The summed E-state index contributed by atoms with van der Waals surface area (Å²) in [7, 11) is 0. The van der Waals surface area contributed by atoms with Crippen LogP contribution in [0.3, 0.4) is 0 Å². The first-order valence-corrected chi connectivity index (χ1v) is 7.05. The van der Waals surface area contributed by atoms with E-state index in [0.29, 0.717) is 6.54 Å². The molecule has 2 rings (SSSR count). The summed E-state index contributed by atoms with van der Waals surface area (Å²) in [4.78, 5) is 12.1. The molecule has 0 unspecified atom stereocenters. The second kappa shape index (κ2) is 6.61. The Morgan fingerprint density at radius 2 is 2.00 bits per heavy atom. The summed E-state index contributed by atoms with van der Waals surface area (Å²) >= 11 is 0. The van der Waals surface area contributed by atoms with Gasteiger partial charge in [-0.1, -0.05) is 19.1 Å². The van der Waals surface area contributed by atoms with Crippen molar-refractivity contribution in [3.63, 3.8) is 0 Å². The van der Waals surface area contributed by atoms with Crippen molar-refractivity contribution < 1.29 is 13.6 Å². The van der Waals surface area contributed by atoms with Crippen molar-refractivity contribution >= 4 is 5.78 Å². The van der Waals surface area contributed by atoms with Gasteiger partial charge in [-0.25, -0.2) is 8.78 Å². The van der Waals surface area contributed by atoms with Crippen molar-refractivity contribution in [2.75, 3.05) is 0 Å². The van der Waals surface area contributed by atoms with Crippen molar-refractivity contribution in [2.24, 2.45) is 0 Å². The fourth-order valence-electron chi connectivity index (χ4n) is 2.27. The number of hydrogen-bond donors (Lipinski definition) is 0. The minimum absolute atomic E-state index is 0.0956. The minimum Gasteiger partial charge on any atom is -0.299 e. The van der Waals surface area contributed by atoms with Gasteiger partial charge in [-0.15, -0.1) is 0 Å². The van der Waals surface area contributed by atoms with Gasteiger partial charge in [0.05, 0.1) is 5.69 Å². The fraction of sp³-hybridized carbons (Fsp3) is 0.375. The Labute approximate surface area is 122 Å². The molecule has 0 aliphatic heterocycles. The van der Waals surface area contributed by atoms with Crippen LogP contribution in [0.4, 0.5) is 8.78 Å². The molecule has 0 bridgehead atoms. The van der Waals surface area contributed by atoms with Gasteiger partial charge in [-0.3, -0.25) is 9.48 Å². The van der Waals surface area contributed by atoms with Gasteiger partial charge >= 0.3 is 0 Å². The van der Waals surface area contributed by atoms with Crippen molar-refractivity contribution in [1.29, 1.82) is 0 Å². The lowest BCUT2D eigenvalue weighted by Gasteiger charge is -2.05. The van der Waals surface area contributed by atoms with Crippen molar-refractivity contribution in [3.05, 3.63) is 52.9 Å². The van der Waals surface area contributed by atoms with E-state index in [1.807, 2.05) is 19.9 Å². The quantitative estimate of drug-likeness (QED) is 0.820. The number of nitrogens with zero attached hydrogens (tertiary/aromatic N) is 2. The van der Waals surface area contributed by atoms with Crippen molar-refractivity contribution in [1.82, 2.24) is 9.78 Å². The van der Waals surface area contributed by atoms with Crippen LogP contribution in [0.5, 0.6) is 0 Å². The fourth-order valence-corrected chi connectivity index (χ4v) is 2.27. The highest BCUT2D eigenvalue weighted by Crippen LogP contribution is 2.14. The number of halogens is 2. The lowest BCUT2D eigenvalue weighted by Crippen LogP contribution is -2.12. The predicted molar refractivity (Wildman–Crippen MR) is 76.1 cm³/mol. The summed E-state index contributed by atoms with van der Waals surface area (Å²) in [5.74, 6) is -2.02. The number of aryl methyl sites for hydroxylation is 2. The SMILES string of the molecule is CCc1cc(CC(=O)Cc2cccc(F)c2F)n(CC)n1. The number of carbonyl (C=O) groups is 1. The molecular weight excluding hydrogens is 274 g/mol. The first kappa shape index (κ1) is 15.4. The highest BCUT2D eigenvalue weighted by molar-refractivity contribution is 5.82. The van der Waals surface area contributed by atoms with E-state index in [9.17, 15) is 13.6 Å². The minimum atomic E-state index is -0.941. The van der Waals surface area contributed by atoms with Crippen LogP contribution in [0.25, 0.3) is 0 Å². The van der Waals surface area contributed by atoms with Crippen LogP contribution >= 0.6 is 0 Å². The van der Waals surface area contributed by atoms with Gasteiger partial charge < -0.3 is 0 Å². The van der Waals surface area contributed by atoms with Gasteiger partial charge in [0.1, 0.15) is 5.78 Å². The van der Waals surface area contributed by atoms with E-state index in [-0.39, 0.29) is 24.2 Å². The smallest absolute Gasteiger partial charge is 0.162 e. The standard InChI is InChI=1S/C16H18F2N2O/c1-3-12-9-13(20(4-2)19-12)10-14(21)8-11-6-5-7-15(17)16(11)18/h5-7,9H,3-4,8,10H2,1-2H3. The number of benzene rings is 1. The average molecular weight is 292 g/mol. The van der Waals surface area contributed by atoms with Crippen LogP contribution in [-0.2, 0) is 30.6 Å². The van der Waals surface area contributed by atoms with Crippen molar-refractivity contribution in [2.45, 2.75) is 39.7 Å². The number of aromatic nitrogens is 2. The molecule has 112 valence electrons. The van der Waals surface area contributed by atoms with Crippen LogP contribution in [0.1, 0.15) is 30.8 Å².